The van der Waals surface area contributed by atoms with Crippen molar-refractivity contribution in [3.8, 4) is 0 Å². The zero-order valence-electron chi connectivity index (χ0n) is 22.3. The molecule has 1 N–H and O–H groups in total. The van der Waals surface area contributed by atoms with E-state index < -0.39 is 28.5 Å². The Morgan fingerprint density at radius 2 is 1.65 bits per heavy atom. The van der Waals surface area contributed by atoms with Crippen LogP contribution in [0.1, 0.15) is 44.6 Å². The smallest absolute Gasteiger partial charge is 0.264 e. The van der Waals surface area contributed by atoms with E-state index in [4.69, 9.17) is 11.6 Å². The summed E-state index contributed by atoms with van der Waals surface area (Å²) < 4.78 is 29.4. The molecule has 10 heteroatoms. The summed E-state index contributed by atoms with van der Waals surface area (Å²) in [5, 5.41) is 3.61. The second-order valence-corrected chi connectivity index (χ2v) is 13.2. The molecule has 212 valence electrons. The molecule has 1 aliphatic carbocycles. The van der Waals surface area contributed by atoms with Crippen molar-refractivity contribution >= 4 is 55.1 Å². The molecule has 0 heterocycles. The van der Waals surface area contributed by atoms with Gasteiger partial charge >= 0.3 is 0 Å². The molecule has 0 bridgehead atoms. The first-order valence-electron chi connectivity index (χ1n) is 13.3. The first-order valence-corrected chi connectivity index (χ1v) is 15.9. The van der Waals surface area contributed by atoms with Crippen molar-refractivity contribution in [3.63, 3.8) is 0 Å². The van der Waals surface area contributed by atoms with Gasteiger partial charge in [-0.3, -0.25) is 13.9 Å². The molecule has 7 nitrogen and oxygen atoms in total. The lowest BCUT2D eigenvalue weighted by molar-refractivity contribution is -0.139. The number of benzene rings is 3. The summed E-state index contributed by atoms with van der Waals surface area (Å²) in [4.78, 5) is 28.8. The van der Waals surface area contributed by atoms with Crippen molar-refractivity contribution in [1.29, 1.82) is 0 Å². The molecule has 3 aromatic carbocycles. The van der Waals surface area contributed by atoms with Gasteiger partial charge in [0.1, 0.15) is 12.6 Å². The minimum atomic E-state index is -4.09. The Hall–Kier alpha value is -2.88. The van der Waals surface area contributed by atoms with Crippen LogP contribution in [-0.4, -0.2) is 43.8 Å². The highest BCUT2D eigenvalue weighted by atomic mass is 79.9. The fraction of sp³-hybridized carbons (Fsp3) is 0.333. The lowest BCUT2D eigenvalue weighted by Gasteiger charge is -2.33. The average Bonchev–Trinajstić information content (AvgIpc) is 2.95. The van der Waals surface area contributed by atoms with Gasteiger partial charge in [0.25, 0.3) is 10.0 Å². The van der Waals surface area contributed by atoms with Crippen LogP contribution in [0.25, 0.3) is 0 Å². The Morgan fingerprint density at radius 3 is 2.30 bits per heavy atom. The highest BCUT2D eigenvalue weighted by Gasteiger charge is 2.33. The van der Waals surface area contributed by atoms with Crippen LogP contribution in [0.2, 0.25) is 5.02 Å². The maximum atomic E-state index is 14.0. The summed E-state index contributed by atoms with van der Waals surface area (Å²) in [7, 11) is -4.09. The van der Waals surface area contributed by atoms with E-state index in [0.29, 0.717) is 10.7 Å². The van der Waals surface area contributed by atoms with Crippen molar-refractivity contribution in [2.45, 2.75) is 62.6 Å². The number of nitrogens with zero attached hydrogens (tertiary/aromatic N) is 2. The Kier molecular flexibility index (Phi) is 10.3. The minimum Gasteiger partial charge on any atom is -0.352 e. The third-order valence-corrected chi connectivity index (χ3v) is 9.64. The van der Waals surface area contributed by atoms with Gasteiger partial charge < -0.3 is 10.2 Å². The molecule has 0 spiro atoms. The van der Waals surface area contributed by atoms with Gasteiger partial charge in [-0.25, -0.2) is 8.42 Å². The topological polar surface area (TPSA) is 86.8 Å². The quantitative estimate of drug-likeness (QED) is 0.286. The molecule has 1 aliphatic rings. The molecule has 2 amide bonds. The molecule has 0 unspecified atom stereocenters. The number of nitrogens with one attached hydrogen (secondary N) is 1. The van der Waals surface area contributed by atoms with Gasteiger partial charge in [0.2, 0.25) is 11.8 Å². The van der Waals surface area contributed by atoms with Crippen LogP contribution in [0, 0.1) is 0 Å². The number of carbonyl (C=O) groups is 2. The van der Waals surface area contributed by atoms with Crippen LogP contribution in [-0.2, 0) is 26.2 Å². The largest absolute Gasteiger partial charge is 0.352 e. The van der Waals surface area contributed by atoms with Gasteiger partial charge in [0.05, 0.1) is 10.6 Å². The Bertz CT molecular complexity index is 1410. The number of sulfonamides is 1. The van der Waals surface area contributed by atoms with E-state index in [1.165, 1.54) is 17.0 Å². The zero-order chi connectivity index (χ0) is 28.7. The molecule has 0 aromatic heterocycles. The van der Waals surface area contributed by atoms with Crippen LogP contribution in [0.4, 0.5) is 5.69 Å². The van der Waals surface area contributed by atoms with Crippen molar-refractivity contribution in [2.24, 2.45) is 0 Å². The Morgan fingerprint density at radius 1 is 0.975 bits per heavy atom. The minimum absolute atomic E-state index is 0.0650. The van der Waals surface area contributed by atoms with Crippen LogP contribution in [0.15, 0.2) is 88.2 Å². The summed E-state index contributed by atoms with van der Waals surface area (Å²) in [6.07, 6.45) is 5.10. The van der Waals surface area contributed by atoms with Gasteiger partial charge in [-0.2, -0.15) is 0 Å². The van der Waals surface area contributed by atoms with E-state index in [2.05, 4.69) is 21.2 Å². The van der Waals surface area contributed by atoms with Gasteiger partial charge in [-0.1, -0.05) is 77.1 Å². The van der Waals surface area contributed by atoms with Gasteiger partial charge in [-0.05, 0) is 73.9 Å². The highest BCUT2D eigenvalue weighted by Crippen LogP contribution is 2.26. The van der Waals surface area contributed by atoms with Gasteiger partial charge in [-0.15, -0.1) is 0 Å². The van der Waals surface area contributed by atoms with Crippen molar-refractivity contribution in [1.82, 2.24) is 10.2 Å². The molecular formula is C30H33BrClN3O4S. The van der Waals surface area contributed by atoms with E-state index in [0.717, 1.165) is 46.4 Å². The maximum absolute atomic E-state index is 14.0. The summed E-state index contributed by atoms with van der Waals surface area (Å²) in [5.41, 5.74) is 1.07. The summed E-state index contributed by atoms with van der Waals surface area (Å²) in [6.45, 7) is 1.29. The van der Waals surface area contributed by atoms with Crippen molar-refractivity contribution in [2.75, 3.05) is 10.8 Å². The van der Waals surface area contributed by atoms with Crippen LogP contribution in [0.3, 0.4) is 0 Å². The number of rotatable bonds is 10. The number of amides is 2. The lowest BCUT2D eigenvalue weighted by Crippen LogP contribution is -2.53. The SMILES string of the molecule is C[C@H](C(=O)NC1CCCCC1)N(Cc1cccc(Cl)c1)C(=O)CN(c1ccc(Br)cc1)S(=O)(=O)c1ccccc1. The van der Waals surface area contributed by atoms with Crippen LogP contribution < -0.4 is 9.62 Å². The van der Waals surface area contributed by atoms with E-state index in [1.807, 2.05) is 6.07 Å². The number of hydrogen-bond acceptors (Lipinski definition) is 4. The van der Waals surface area contributed by atoms with E-state index in [-0.39, 0.29) is 23.4 Å². The Labute approximate surface area is 249 Å². The molecule has 1 atom stereocenters. The third-order valence-electron chi connectivity index (χ3n) is 7.09. The number of anilines is 1. The number of halogens is 2. The second-order valence-electron chi connectivity index (χ2n) is 9.97. The molecule has 1 saturated carbocycles. The van der Waals surface area contributed by atoms with Crippen molar-refractivity contribution in [3.05, 3.63) is 93.9 Å². The zero-order valence-corrected chi connectivity index (χ0v) is 25.5. The summed E-state index contributed by atoms with van der Waals surface area (Å²) in [5.74, 6) is -0.767. The number of hydrogen-bond donors (Lipinski definition) is 1. The molecule has 0 radical (unpaired) electrons. The van der Waals surface area contributed by atoms with E-state index >= 15 is 0 Å². The lowest BCUT2D eigenvalue weighted by atomic mass is 9.95. The van der Waals surface area contributed by atoms with E-state index in [1.54, 1.807) is 67.6 Å². The van der Waals surface area contributed by atoms with Gasteiger partial charge in [0, 0.05) is 22.1 Å². The first kappa shape index (κ1) is 30.1. The monoisotopic (exact) mass is 645 g/mol. The molecule has 0 saturated heterocycles. The second kappa shape index (κ2) is 13.7. The fourth-order valence-corrected chi connectivity index (χ4v) is 6.75. The number of carbonyl (C=O) groups excluding carboxylic acids is 2. The Balaban J connectivity index is 1.66. The molecule has 1 fully saturated rings. The normalized spacial score (nSPS) is 14.8. The van der Waals surface area contributed by atoms with Crippen LogP contribution in [0.5, 0.6) is 0 Å². The fourth-order valence-electron chi connectivity index (χ4n) is 4.84. The van der Waals surface area contributed by atoms with Crippen LogP contribution >= 0.6 is 27.5 Å². The molecule has 3 aromatic rings. The van der Waals surface area contributed by atoms with Crippen molar-refractivity contribution < 1.29 is 18.0 Å². The maximum Gasteiger partial charge on any atom is 0.264 e. The predicted octanol–water partition coefficient (Wildman–Crippen LogP) is 6.16. The predicted molar refractivity (Wildman–Crippen MR) is 162 cm³/mol. The molecular weight excluding hydrogens is 614 g/mol. The first-order chi connectivity index (χ1) is 19.1. The van der Waals surface area contributed by atoms with E-state index in [9.17, 15) is 18.0 Å². The molecule has 40 heavy (non-hydrogen) atoms. The van der Waals surface area contributed by atoms with Gasteiger partial charge in [0.15, 0.2) is 0 Å². The summed E-state index contributed by atoms with van der Waals surface area (Å²) >= 11 is 9.59. The third kappa shape index (κ3) is 7.65. The standard InChI is InChI=1S/C30H33BrClN3O4S/c1-22(30(37)33-26-11-4-2-5-12-26)34(20-23-9-8-10-25(32)19-23)29(36)21-35(27-17-15-24(31)16-18-27)40(38,39)28-13-6-3-7-14-28/h3,6-10,13-19,22,26H,2,4-5,11-12,20-21H2,1H3,(H,33,37)/t22-/m1/s1. The molecule has 0 aliphatic heterocycles. The highest BCUT2D eigenvalue weighted by molar-refractivity contribution is 9.10. The average molecular weight is 647 g/mol. The molecule has 4 rings (SSSR count). The summed E-state index contributed by atoms with van der Waals surface area (Å²) in [6, 6.07) is 21.0.